The van der Waals surface area contributed by atoms with E-state index in [1.807, 2.05) is 17.9 Å². The Kier molecular flexibility index (Phi) is 4.44. The number of nitrogens with zero attached hydrogens (tertiary/aromatic N) is 3. The molecule has 4 rings (SSSR count). The summed E-state index contributed by atoms with van der Waals surface area (Å²) in [5.41, 5.74) is 3.58. The van der Waals surface area contributed by atoms with E-state index < -0.39 is 0 Å². The molecule has 1 amide bonds. The number of amides is 1. The van der Waals surface area contributed by atoms with Crippen LogP contribution in [0.25, 0.3) is 0 Å². The highest BCUT2D eigenvalue weighted by Gasteiger charge is 2.27. The summed E-state index contributed by atoms with van der Waals surface area (Å²) in [7, 11) is 0. The highest BCUT2D eigenvalue weighted by atomic mass is 16.5. The van der Waals surface area contributed by atoms with Crippen LogP contribution in [0.3, 0.4) is 0 Å². The number of aryl methyl sites for hydroxylation is 1. The maximum Gasteiger partial charge on any atom is 0.242 e. The zero-order chi connectivity index (χ0) is 17.2. The van der Waals surface area contributed by atoms with Gasteiger partial charge in [-0.3, -0.25) is 4.79 Å². The topological polar surface area (TPSA) is 54.0 Å². The highest BCUT2D eigenvalue weighted by Crippen LogP contribution is 2.27. The second kappa shape index (κ2) is 6.88. The number of hydrogen-bond donors (Lipinski definition) is 1. The van der Waals surface area contributed by atoms with Crippen molar-refractivity contribution in [3.63, 3.8) is 0 Å². The summed E-state index contributed by atoms with van der Waals surface area (Å²) < 4.78 is 5.14. The molecule has 1 fully saturated rings. The number of carbonyl (C=O) groups is 1. The molecule has 2 aliphatic heterocycles. The first-order valence-electron chi connectivity index (χ1n) is 9.05. The lowest BCUT2D eigenvalue weighted by molar-refractivity contribution is -0.918. The van der Waals surface area contributed by atoms with Crippen molar-refractivity contribution in [1.29, 1.82) is 0 Å². The van der Waals surface area contributed by atoms with Gasteiger partial charge in [-0.15, -0.1) is 0 Å². The average molecular weight is 341 g/mol. The Morgan fingerprint density at radius 3 is 2.80 bits per heavy atom. The molecule has 2 aromatic rings. The second-order valence-corrected chi connectivity index (χ2v) is 7.04. The first-order chi connectivity index (χ1) is 12.2. The molecule has 0 atom stereocenters. The zero-order valence-corrected chi connectivity index (χ0v) is 14.7. The predicted molar refractivity (Wildman–Crippen MR) is 94.6 cm³/mol. The van der Waals surface area contributed by atoms with E-state index in [4.69, 9.17) is 4.52 Å². The Morgan fingerprint density at radius 2 is 2.04 bits per heavy atom. The molecule has 25 heavy (non-hydrogen) atoms. The number of para-hydroxylation sites is 1. The van der Waals surface area contributed by atoms with Crippen LogP contribution in [0, 0.1) is 6.92 Å². The van der Waals surface area contributed by atoms with Crippen LogP contribution in [-0.4, -0.2) is 55.2 Å². The van der Waals surface area contributed by atoms with Gasteiger partial charge in [0.2, 0.25) is 5.91 Å². The summed E-state index contributed by atoms with van der Waals surface area (Å²) in [5.74, 6) is 1.10. The van der Waals surface area contributed by atoms with Gasteiger partial charge in [0.15, 0.2) is 0 Å². The lowest BCUT2D eigenvalue weighted by atomic mass is 10.2. The highest BCUT2D eigenvalue weighted by molar-refractivity contribution is 5.82. The summed E-state index contributed by atoms with van der Waals surface area (Å²) >= 11 is 0. The number of rotatable bonds is 4. The number of anilines is 1. The van der Waals surface area contributed by atoms with Gasteiger partial charge in [-0.1, -0.05) is 23.4 Å². The third-order valence-electron chi connectivity index (χ3n) is 5.24. The van der Waals surface area contributed by atoms with Gasteiger partial charge in [-0.25, -0.2) is 0 Å². The summed E-state index contributed by atoms with van der Waals surface area (Å²) in [5, 5.41) is 4.07. The van der Waals surface area contributed by atoms with Crippen molar-refractivity contribution in [1.82, 2.24) is 10.1 Å². The number of nitrogens with one attached hydrogen (secondary N) is 1. The smallest absolute Gasteiger partial charge is 0.242 e. The van der Waals surface area contributed by atoms with Crippen LogP contribution in [0.15, 0.2) is 34.9 Å². The number of benzene rings is 1. The van der Waals surface area contributed by atoms with Gasteiger partial charge in [-0.2, -0.15) is 0 Å². The number of hydrogen-bond acceptors (Lipinski definition) is 4. The molecule has 1 aromatic heterocycles. The minimum Gasteiger partial charge on any atom is -0.362 e. The van der Waals surface area contributed by atoms with E-state index in [-0.39, 0.29) is 5.91 Å². The summed E-state index contributed by atoms with van der Waals surface area (Å²) in [4.78, 5) is 18.4. The summed E-state index contributed by atoms with van der Waals surface area (Å²) in [6.07, 6.45) is 1.04. The van der Waals surface area contributed by atoms with Crippen molar-refractivity contribution in [2.24, 2.45) is 0 Å². The van der Waals surface area contributed by atoms with Crippen molar-refractivity contribution in [3.05, 3.63) is 47.3 Å². The van der Waals surface area contributed by atoms with E-state index in [1.165, 1.54) is 16.2 Å². The lowest BCUT2D eigenvalue weighted by Gasteiger charge is -2.33. The average Bonchev–Trinajstić information content (AvgIpc) is 3.22. The molecule has 2 aliphatic rings. The van der Waals surface area contributed by atoms with Gasteiger partial charge >= 0.3 is 0 Å². The Labute approximate surface area is 148 Å². The Morgan fingerprint density at radius 1 is 1.24 bits per heavy atom. The molecule has 1 N–H and O–H groups in total. The molecule has 6 heteroatoms. The fourth-order valence-electron chi connectivity index (χ4n) is 3.84. The Bertz CT molecular complexity index is 749. The van der Waals surface area contributed by atoms with Crippen LogP contribution in [0.2, 0.25) is 0 Å². The molecule has 1 aromatic carbocycles. The predicted octanol–water partition coefficient (Wildman–Crippen LogP) is 0.273. The van der Waals surface area contributed by atoms with Crippen LogP contribution >= 0.6 is 0 Å². The Balaban J connectivity index is 1.28. The maximum absolute atomic E-state index is 12.7. The van der Waals surface area contributed by atoms with Gasteiger partial charge < -0.3 is 19.2 Å². The van der Waals surface area contributed by atoms with E-state index in [0.29, 0.717) is 6.54 Å². The first-order valence-corrected chi connectivity index (χ1v) is 9.05. The molecule has 6 nitrogen and oxygen atoms in total. The third-order valence-corrected chi connectivity index (χ3v) is 5.24. The summed E-state index contributed by atoms with van der Waals surface area (Å²) in [6, 6.07) is 10.4. The van der Waals surface area contributed by atoms with Crippen LogP contribution in [0.4, 0.5) is 5.69 Å². The number of piperazine rings is 1. The monoisotopic (exact) mass is 341 g/mol. The molecule has 0 bridgehead atoms. The third kappa shape index (κ3) is 3.54. The normalized spacial score (nSPS) is 17.8. The molecular formula is C19H25N4O2+. The van der Waals surface area contributed by atoms with Crippen molar-refractivity contribution >= 4 is 11.6 Å². The van der Waals surface area contributed by atoms with Crippen LogP contribution in [0.5, 0.6) is 0 Å². The fraction of sp³-hybridized carbons (Fsp3) is 0.474. The van der Waals surface area contributed by atoms with E-state index in [0.717, 1.165) is 57.1 Å². The fourth-order valence-corrected chi connectivity index (χ4v) is 3.84. The zero-order valence-electron chi connectivity index (χ0n) is 14.7. The largest absolute Gasteiger partial charge is 0.362 e. The van der Waals surface area contributed by atoms with Crippen LogP contribution in [0.1, 0.15) is 17.0 Å². The molecule has 0 unspecified atom stereocenters. The van der Waals surface area contributed by atoms with Crippen molar-refractivity contribution in [2.75, 3.05) is 44.2 Å². The van der Waals surface area contributed by atoms with E-state index in [1.54, 1.807) is 0 Å². The molecule has 3 heterocycles. The standard InChI is InChI=1S/C19H24N4O2/c1-15-12-17(20-25-15)13-21-8-10-22(11-9-21)19(24)14-23-7-6-16-4-2-3-5-18(16)23/h2-5,12H,6-11,13-14H2,1H3/p+1. The molecule has 1 saturated heterocycles. The molecule has 0 radical (unpaired) electrons. The van der Waals surface area contributed by atoms with Crippen molar-refractivity contribution in [2.45, 2.75) is 19.9 Å². The van der Waals surface area contributed by atoms with Crippen LogP contribution in [-0.2, 0) is 17.8 Å². The number of aromatic nitrogens is 1. The van der Waals surface area contributed by atoms with E-state index in [9.17, 15) is 4.79 Å². The first kappa shape index (κ1) is 16.1. The maximum atomic E-state index is 12.7. The van der Waals surface area contributed by atoms with Crippen LogP contribution < -0.4 is 9.80 Å². The second-order valence-electron chi connectivity index (χ2n) is 7.04. The molecule has 0 aliphatic carbocycles. The van der Waals surface area contributed by atoms with E-state index in [2.05, 4.69) is 34.3 Å². The Hall–Kier alpha value is -2.34. The molecular weight excluding hydrogens is 316 g/mol. The van der Waals surface area contributed by atoms with Gasteiger partial charge in [0.25, 0.3) is 0 Å². The van der Waals surface area contributed by atoms with E-state index >= 15 is 0 Å². The quantitative estimate of drug-likeness (QED) is 0.868. The minimum atomic E-state index is 0.244. The number of quaternary nitrogens is 1. The lowest BCUT2D eigenvalue weighted by Crippen LogP contribution is -3.13. The van der Waals surface area contributed by atoms with Crippen molar-refractivity contribution in [3.8, 4) is 0 Å². The number of fused-ring (bicyclic) bond motifs is 1. The van der Waals surface area contributed by atoms with Gasteiger partial charge in [0.1, 0.15) is 18.0 Å². The molecule has 0 spiro atoms. The SMILES string of the molecule is Cc1cc(C[NH+]2CCN(C(=O)CN3CCc4ccccc43)CC2)no1. The van der Waals surface area contributed by atoms with Gasteiger partial charge in [-0.05, 0) is 25.0 Å². The van der Waals surface area contributed by atoms with Crippen molar-refractivity contribution < 1.29 is 14.2 Å². The molecule has 0 saturated carbocycles. The van der Waals surface area contributed by atoms with Gasteiger partial charge in [0, 0.05) is 18.3 Å². The minimum absolute atomic E-state index is 0.244. The summed E-state index contributed by atoms with van der Waals surface area (Å²) in [6.45, 7) is 7.80. The van der Waals surface area contributed by atoms with Gasteiger partial charge in [0.05, 0.1) is 32.7 Å². The number of carbonyl (C=O) groups excluding carboxylic acids is 1. The molecule has 132 valence electrons.